The molecule has 0 atom stereocenters. The number of aromatic nitrogens is 5. The Labute approximate surface area is 43.9 Å². The van der Waals surface area contributed by atoms with Gasteiger partial charge in [0.25, 0.3) is 0 Å². The second-order valence-corrected chi connectivity index (χ2v) is 0.944. The van der Waals surface area contributed by atoms with Crippen molar-refractivity contribution in [2.75, 3.05) is 0 Å². The van der Waals surface area contributed by atoms with Crippen molar-refractivity contribution in [1.29, 1.82) is 0 Å². The Balaban J connectivity index is 2.99. The van der Waals surface area contributed by atoms with Crippen LogP contribution in [0.4, 0.5) is 0 Å². The summed E-state index contributed by atoms with van der Waals surface area (Å²) in [4.78, 5) is 9.77. The minimum atomic E-state index is -0.0556. The first-order chi connectivity index (χ1) is 3.93. The summed E-state index contributed by atoms with van der Waals surface area (Å²) in [6.45, 7) is 0. The lowest BCUT2D eigenvalue weighted by Gasteiger charge is -1.76. The molecule has 0 unspecified atom stereocenters. The van der Waals surface area contributed by atoms with Crippen molar-refractivity contribution in [3.63, 3.8) is 0 Å². The molecule has 0 aliphatic heterocycles. The molecule has 0 spiro atoms. The van der Waals surface area contributed by atoms with Gasteiger partial charge in [-0.25, -0.2) is 0 Å². The van der Waals surface area contributed by atoms with E-state index >= 15 is 0 Å². The predicted octanol–water partition coefficient (Wildman–Crippen LogP) is -1.53. The van der Waals surface area contributed by atoms with Crippen LogP contribution in [0.1, 0.15) is 10.6 Å². The highest BCUT2D eigenvalue weighted by atomic mass is 16.1. The van der Waals surface area contributed by atoms with E-state index in [4.69, 9.17) is 0 Å². The van der Waals surface area contributed by atoms with E-state index in [2.05, 4.69) is 25.8 Å². The average Bonchev–Trinajstić information content (AvgIpc) is 1.90. The van der Waals surface area contributed by atoms with E-state index in [1.54, 1.807) is 0 Å². The van der Waals surface area contributed by atoms with Crippen LogP contribution in [-0.4, -0.2) is 32.1 Å². The molecule has 8 heavy (non-hydrogen) atoms. The SMILES string of the molecule is O=Cc1nnnnn1. The van der Waals surface area contributed by atoms with Crippen molar-refractivity contribution < 1.29 is 4.79 Å². The Kier molecular flexibility index (Phi) is 1.18. The van der Waals surface area contributed by atoms with Gasteiger partial charge in [-0.1, -0.05) is 0 Å². The molecule has 0 radical (unpaired) electrons. The lowest BCUT2D eigenvalue weighted by molar-refractivity contribution is 0.111. The van der Waals surface area contributed by atoms with Gasteiger partial charge in [0.15, 0.2) is 6.29 Å². The van der Waals surface area contributed by atoms with E-state index in [0.29, 0.717) is 6.29 Å². The normalized spacial score (nSPS) is 8.50. The van der Waals surface area contributed by atoms with Gasteiger partial charge in [0.1, 0.15) is 0 Å². The molecule has 0 aromatic carbocycles. The van der Waals surface area contributed by atoms with E-state index in [-0.39, 0.29) is 5.82 Å². The van der Waals surface area contributed by atoms with E-state index in [0.717, 1.165) is 0 Å². The Bertz CT molecular complexity index is 173. The Morgan fingerprint density at radius 3 is 2.12 bits per heavy atom. The van der Waals surface area contributed by atoms with Gasteiger partial charge >= 0.3 is 0 Å². The minimum absolute atomic E-state index is 0.0556. The Hall–Kier alpha value is -1.46. The molecule has 0 N–H and O–H groups in total. The molecule has 6 nitrogen and oxygen atoms in total. The van der Waals surface area contributed by atoms with Crippen molar-refractivity contribution in [3.8, 4) is 0 Å². The number of aldehydes is 1. The Morgan fingerprint density at radius 2 is 1.75 bits per heavy atom. The number of hydrogen-bond donors (Lipinski definition) is 0. The fourth-order valence-corrected chi connectivity index (χ4v) is 0.217. The molecule has 1 aromatic heterocycles. The van der Waals surface area contributed by atoms with Crippen LogP contribution in [0.3, 0.4) is 0 Å². The maximum Gasteiger partial charge on any atom is 0.239 e. The molecule has 0 saturated heterocycles. The molecular formula is C2HN5O. The zero-order valence-corrected chi connectivity index (χ0v) is 3.72. The standard InChI is InChI=1S/C2HN5O/c8-1-2-3-5-7-6-4-2/h1H. The molecule has 40 valence electrons. The first-order valence-electron chi connectivity index (χ1n) is 1.77. The van der Waals surface area contributed by atoms with Crippen molar-refractivity contribution in [2.24, 2.45) is 0 Å². The summed E-state index contributed by atoms with van der Waals surface area (Å²) in [6, 6.07) is 0. The highest BCUT2D eigenvalue weighted by molar-refractivity contribution is 5.67. The van der Waals surface area contributed by atoms with Gasteiger partial charge < -0.3 is 0 Å². The molecule has 0 amide bonds. The highest BCUT2D eigenvalue weighted by Crippen LogP contribution is 1.66. The van der Waals surface area contributed by atoms with E-state index in [1.165, 1.54) is 0 Å². The zero-order chi connectivity index (χ0) is 5.82. The summed E-state index contributed by atoms with van der Waals surface area (Å²) < 4.78 is 0. The molecule has 0 saturated carbocycles. The molecule has 0 bridgehead atoms. The third-order valence-electron chi connectivity index (χ3n) is 0.480. The quantitative estimate of drug-likeness (QED) is 0.409. The molecule has 0 aliphatic carbocycles. The summed E-state index contributed by atoms with van der Waals surface area (Å²) in [5.74, 6) is -0.0556. The maximum atomic E-state index is 9.77. The third kappa shape index (κ3) is 0.780. The topological polar surface area (TPSA) is 81.5 Å². The average molecular weight is 111 g/mol. The van der Waals surface area contributed by atoms with Gasteiger partial charge in [-0.05, 0) is 15.6 Å². The van der Waals surface area contributed by atoms with Gasteiger partial charge in [-0.2, -0.15) is 0 Å². The minimum Gasteiger partial charge on any atom is -0.294 e. The van der Waals surface area contributed by atoms with Crippen molar-refractivity contribution in [2.45, 2.75) is 0 Å². The molecular weight excluding hydrogens is 110 g/mol. The number of hydrogen-bond acceptors (Lipinski definition) is 6. The molecule has 0 aliphatic rings. The van der Waals surface area contributed by atoms with Crippen molar-refractivity contribution in [3.05, 3.63) is 5.82 Å². The first-order valence-corrected chi connectivity index (χ1v) is 1.77. The van der Waals surface area contributed by atoms with Gasteiger partial charge in [0, 0.05) is 0 Å². The second kappa shape index (κ2) is 2.01. The van der Waals surface area contributed by atoms with E-state index < -0.39 is 0 Å². The van der Waals surface area contributed by atoms with Crippen LogP contribution in [0.2, 0.25) is 0 Å². The van der Waals surface area contributed by atoms with Gasteiger partial charge in [0.05, 0.1) is 0 Å². The second-order valence-electron chi connectivity index (χ2n) is 0.944. The lowest BCUT2D eigenvalue weighted by atomic mass is 10.7. The van der Waals surface area contributed by atoms with Crippen LogP contribution in [0, 0.1) is 0 Å². The monoisotopic (exact) mass is 111 g/mol. The molecule has 0 fully saturated rings. The highest BCUT2D eigenvalue weighted by Gasteiger charge is 1.88. The van der Waals surface area contributed by atoms with Gasteiger partial charge in [-0.15, -0.1) is 10.2 Å². The van der Waals surface area contributed by atoms with E-state index in [9.17, 15) is 4.79 Å². The fraction of sp³-hybridized carbons (Fsp3) is 0. The molecule has 6 heteroatoms. The fourth-order valence-electron chi connectivity index (χ4n) is 0.217. The van der Waals surface area contributed by atoms with Crippen LogP contribution in [0.5, 0.6) is 0 Å². The molecule has 1 aromatic rings. The van der Waals surface area contributed by atoms with Crippen LogP contribution in [-0.2, 0) is 0 Å². The predicted molar refractivity (Wildman–Crippen MR) is 20.8 cm³/mol. The van der Waals surface area contributed by atoms with Gasteiger partial charge in [0.2, 0.25) is 5.82 Å². The van der Waals surface area contributed by atoms with Crippen molar-refractivity contribution in [1.82, 2.24) is 25.8 Å². The zero-order valence-electron chi connectivity index (χ0n) is 3.72. The largest absolute Gasteiger partial charge is 0.294 e. The van der Waals surface area contributed by atoms with E-state index in [1.807, 2.05) is 0 Å². The summed E-state index contributed by atoms with van der Waals surface area (Å²) >= 11 is 0. The summed E-state index contributed by atoms with van der Waals surface area (Å²) in [7, 11) is 0. The van der Waals surface area contributed by atoms with Crippen LogP contribution in [0.25, 0.3) is 0 Å². The lowest BCUT2D eigenvalue weighted by Crippen LogP contribution is -2.00. The molecule has 1 heterocycles. The molecule has 1 rings (SSSR count). The number of nitrogens with zero attached hydrogens (tertiary/aromatic N) is 5. The Morgan fingerprint density at radius 1 is 1.12 bits per heavy atom. The van der Waals surface area contributed by atoms with Crippen LogP contribution in [0.15, 0.2) is 0 Å². The summed E-state index contributed by atoms with van der Waals surface area (Å²) in [5, 5.41) is 15.5. The van der Waals surface area contributed by atoms with Crippen LogP contribution < -0.4 is 0 Å². The smallest absolute Gasteiger partial charge is 0.239 e. The van der Waals surface area contributed by atoms with Crippen LogP contribution >= 0.6 is 0 Å². The van der Waals surface area contributed by atoms with Gasteiger partial charge in [-0.3, -0.25) is 4.79 Å². The van der Waals surface area contributed by atoms with Crippen molar-refractivity contribution >= 4 is 6.29 Å². The summed E-state index contributed by atoms with van der Waals surface area (Å²) in [6.07, 6.45) is 0.446. The number of carbonyl (C=O) groups excluding carboxylic acids is 1. The first kappa shape index (κ1) is 4.69. The number of rotatable bonds is 1. The summed E-state index contributed by atoms with van der Waals surface area (Å²) in [5.41, 5.74) is 0. The third-order valence-corrected chi connectivity index (χ3v) is 0.480. The number of carbonyl (C=O) groups is 1. The maximum absolute atomic E-state index is 9.77.